The number of aliphatic hydroxyl groups excluding tert-OH is 1. The van der Waals surface area contributed by atoms with Gasteiger partial charge in [0, 0.05) is 13.0 Å². The minimum Gasteiger partial charge on any atom is -0.373 e. The summed E-state index contributed by atoms with van der Waals surface area (Å²) < 4.78 is 0. The second-order valence-electron chi connectivity index (χ2n) is 3.76. The maximum absolute atomic E-state index is 11.4. The van der Waals surface area contributed by atoms with Gasteiger partial charge in [-0.2, -0.15) is 0 Å². The molecule has 1 amide bonds. The van der Waals surface area contributed by atoms with Crippen molar-refractivity contribution in [2.75, 3.05) is 7.05 Å². The van der Waals surface area contributed by atoms with Crippen LogP contribution in [0.3, 0.4) is 0 Å². The van der Waals surface area contributed by atoms with E-state index in [1.54, 1.807) is 7.05 Å². The quantitative estimate of drug-likeness (QED) is 0.649. The fraction of sp³-hybridized carbons (Fsp3) is 0.889. The van der Waals surface area contributed by atoms with Crippen LogP contribution in [-0.2, 0) is 4.79 Å². The third kappa shape index (κ3) is 2.81. The first-order valence-corrected chi connectivity index (χ1v) is 4.32. The smallest absolute Gasteiger partial charge is 0.226 e. The highest BCUT2D eigenvalue weighted by Gasteiger charge is 2.21. The summed E-state index contributed by atoms with van der Waals surface area (Å²) in [7, 11) is 1.63. The molecule has 0 aromatic heterocycles. The van der Waals surface area contributed by atoms with E-state index in [-0.39, 0.29) is 17.7 Å². The van der Waals surface area contributed by atoms with Crippen LogP contribution in [-0.4, -0.2) is 29.2 Å². The number of aliphatic hydroxyl groups is 1. The first-order valence-electron chi connectivity index (χ1n) is 4.32. The summed E-state index contributed by atoms with van der Waals surface area (Å²) in [6.45, 7) is 7.42. The highest BCUT2D eigenvalue weighted by Crippen LogP contribution is 2.09. The first-order chi connectivity index (χ1) is 5.37. The van der Waals surface area contributed by atoms with Crippen molar-refractivity contribution in [3.8, 4) is 0 Å². The molecule has 1 unspecified atom stereocenters. The Labute approximate surface area is 74.4 Å². The van der Waals surface area contributed by atoms with Gasteiger partial charge in [-0.1, -0.05) is 27.7 Å². The number of hydrogen-bond donors (Lipinski definition) is 1. The van der Waals surface area contributed by atoms with E-state index in [1.165, 1.54) is 4.90 Å². The minimum absolute atomic E-state index is 0.0174. The summed E-state index contributed by atoms with van der Waals surface area (Å²) in [4.78, 5) is 12.8. The van der Waals surface area contributed by atoms with Gasteiger partial charge in [-0.3, -0.25) is 4.79 Å². The van der Waals surface area contributed by atoms with Gasteiger partial charge in [0.05, 0.1) is 0 Å². The molecule has 0 aliphatic rings. The highest BCUT2D eigenvalue weighted by atomic mass is 16.3. The third-order valence-corrected chi connectivity index (χ3v) is 1.83. The predicted octanol–water partition coefficient (Wildman–Crippen LogP) is 1.08. The lowest BCUT2D eigenvalue weighted by molar-refractivity contribution is -0.144. The number of rotatable bonds is 3. The Hall–Kier alpha value is -0.570. The molecule has 0 heterocycles. The molecule has 12 heavy (non-hydrogen) atoms. The van der Waals surface area contributed by atoms with Crippen LogP contribution in [0.25, 0.3) is 0 Å². The molecule has 0 saturated heterocycles. The number of amides is 1. The monoisotopic (exact) mass is 173 g/mol. The van der Waals surface area contributed by atoms with Crippen molar-refractivity contribution in [2.45, 2.75) is 33.9 Å². The first kappa shape index (κ1) is 11.4. The van der Waals surface area contributed by atoms with Gasteiger partial charge in [0.2, 0.25) is 5.91 Å². The molecular weight excluding hydrogens is 154 g/mol. The lowest BCUT2D eigenvalue weighted by Crippen LogP contribution is -2.42. The van der Waals surface area contributed by atoms with Crippen LogP contribution in [0.5, 0.6) is 0 Å². The molecule has 0 bridgehead atoms. The van der Waals surface area contributed by atoms with E-state index in [9.17, 15) is 9.90 Å². The van der Waals surface area contributed by atoms with Gasteiger partial charge >= 0.3 is 0 Å². The highest BCUT2D eigenvalue weighted by molar-refractivity contribution is 5.77. The summed E-state index contributed by atoms with van der Waals surface area (Å²) in [6, 6.07) is 0. The molecule has 0 aliphatic heterocycles. The second-order valence-corrected chi connectivity index (χ2v) is 3.76. The zero-order chi connectivity index (χ0) is 9.89. The number of carbonyl (C=O) groups excluding carboxylic acids is 1. The Balaban J connectivity index is 4.19. The molecule has 0 aliphatic carbocycles. The summed E-state index contributed by atoms with van der Waals surface area (Å²) in [5.74, 6) is 0.0114. The minimum atomic E-state index is -0.667. The van der Waals surface area contributed by atoms with Crippen LogP contribution in [0.4, 0.5) is 0 Å². The van der Waals surface area contributed by atoms with E-state index in [0.29, 0.717) is 0 Å². The number of nitrogens with zero attached hydrogens (tertiary/aromatic N) is 1. The van der Waals surface area contributed by atoms with Crippen LogP contribution in [0.2, 0.25) is 0 Å². The van der Waals surface area contributed by atoms with E-state index in [2.05, 4.69) is 0 Å². The Morgan fingerprint density at radius 3 is 1.92 bits per heavy atom. The second kappa shape index (κ2) is 4.45. The Morgan fingerprint density at radius 2 is 1.67 bits per heavy atom. The zero-order valence-corrected chi connectivity index (χ0v) is 8.53. The summed E-state index contributed by atoms with van der Waals surface area (Å²) in [5, 5.41) is 9.52. The summed E-state index contributed by atoms with van der Waals surface area (Å²) >= 11 is 0. The maximum Gasteiger partial charge on any atom is 0.226 e. The van der Waals surface area contributed by atoms with Crippen LogP contribution in [0, 0.1) is 11.8 Å². The molecule has 0 aromatic rings. The topological polar surface area (TPSA) is 40.5 Å². The van der Waals surface area contributed by atoms with E-state index in [4.69, 9.17) is 0 Å². The van der Waals surface area contributed by atoms with Gasteiger partial charge in [-0.25, -0.2) is 0 Å². The van der Waals surface area contributed by atoms with Crippen LogP contribution < -0.4 is 0 Å². The molecule has 3 nitrogen and oxygen atoms in total. The van der Waals surface area contributed by atoms with Crippen molar-refractivity contribution in [2.24, 2.45) is 11.8 Å². The van der Waals surface area contributed by atoms with Crippen molar-refractivity contribution >= 4 is 5.91 Å². The lowest BCUT2D eigenvalue weighted by atomic mass is 10.1. The molecule has 0 aromatic carbocycles. The molecule has 1 atom stereocenters. The third-order valence-electron chi connectivity index (χ3n) is 1.83. The molecule has 0 rings (SSSR count). The van der Waals surface area contributed by atoms with Gasteiger partial charge < -0.3 is 10.0 Å². The van der Waals surface area contributed by atoms with E-state index in [0.717, 1.165) is 0 Å². The van der Waals surface area contributed by atoms with Crippen LogP contribution in [0.1, 0.15) is 27.7 Å². The van der Waals surface area contributed by atoms with E-state index >= 15 is 0 Å². The molecule has 1 N–H and O–H groups in total. The van der Waals surface area contributed by atoms with Gasteiger partial charge in [-0.15, -0.1) is 0 Å². The van der Waals surface area contributed by atoms with E-state index < -0.39 is 6.23 Å². The zero-order valence-electron chi connectivity index (χ0n) is 8.53. The van der Waals surface area contributed by atoms with Crippen molar-refractivity contribution in [1.29, 1.82) is 0 Å². The standard InChI is InChI=1S/C9H19NO2/c1-6(2)8(11)10(5)9(12)7(3)4/h6-8,11H,1-5H3. The average Bonchev–Trinajstić information content (AvgIpc) is 2.00. The maximum atomic E-state index is 11.4. The molecular formula is C9H19NO2. The van der Waals surface area contributed by atoms with Crippen molar-refractivity contribution in [1.82, 2.24) is 4.90 Å². The summed E-state index contributed by atoms with van der Waals surface area (Å²) in [6.07, 6.45) is -0.667. The van der Waals surface area contributed by atoms with Crippen molar-refractivity contribution < 1.29 is 9.90 Å². The van der Waals surface area contributed by atoms with Crippen LogP contribution in [0.15, 0.2) is 0 Å². The number of carbonyl (C=O) groups is 1. The van der Waals surface area contributed by atoms with Gasteiger partial charge in [0.1, 0.15) is 6.23 Å². The fourth-order valence-electron chi connectivity index (χ4n) is 0.985. The molecule has 72 valence electrons. The van der Waals surface area contributed by atoms with Crippen molar-refractivity contribution in [3.05, 3.63) is 0 Å². The Bertz CT molecular complexity index is 155. The van der Waals surface area contributed by atoms with Gasteiger partial charge in [-0.05, 0) is 5.92 Å². The summed E-state index contributed by atoms with van der Waals surface area (Å²) in [5.41, 5.74) is 0. The fourth-order valence-corrected chi connectivity index (χ4v) is 0.985. The molecule has 0 spiro atoms. The van der Waals surface area contributed by atoms with Gasteiger partial charge in [0.25, 0.3) is 0 Å². The van der Waals surface area contributed by atoms with Gasteiger partial charge in [0.15, 0.2) is 0 Å². The molecule has 0 saturated carbocycles. The normalized spacial score (nSPS) is 13.7. The Kier molecular flexibility index (Phi) is 4.24. The van der Waals surface area contributed by atoms with E-state index in [1.807, 2.05) is 27.7 Å². The number of hydrogen-bond acceptors (Lipinski definition) is 2. The van der Waals surface area contributed by atoms with Crippen molar-refractivity contribution in [3.63, 3.8) is 0 Å². The molecule has 0 radical (unpaired) electrons. The SMILES string of the molecule is CC(C)C(=O)N(C)C(O)C(C)C. The lowest BCUT2D eigenvalue weighted by Gasteiger charge is -2.27. The largest absolute Gasteiger partial charge is 0.373 e. The predicted molar refractivity (Wildman–Crippen MR) is 48.5 cm³/mol. The Morgan fingerprint density at radius 1 is 1.25 bits per heavy atom. The molecule has 3 heteroatoms. The van der Waals surface area contributed by atoms with Crippen LogP contribution >= 0.6 is 0 Å². The average molecular weight is 173 g/mol. The molecule has 0 fully saturated rings.